The standard InChI is InChI=1S/C13H18BrF2NO/c1-4-10(18-3)13(17-5-2)11-9(15)7-6-8(14)12(11)16/h6-7,10,13,17H,4-5H2,1-3H3. The first-order chi connectivity index (χ1) is 8.56. The van der Waals surface area contributed by atoms with Gasteiger partial charge in [0.1, 0.15) is 11.6 Å². The molecule has 0 amide bonds. The molecule has 0 aliphatic rings. The van der Waals surface area contributed by atoms with E-state index < -0.39 is 17.7 Å². The van der Waals surface area contributed by atoms with Crippen molar-refractivity contribution in [2.75, 3.05) is 13.7 Å². The second-order valence-corrected chi connectivity index (χ2v) is 4.83. The summed E-state index contributed by atoms with van der Waals surface area (Å²) in [4.78, 5) is 0. The van der Waals surface area contributed by atoms with Crippen molar-refractivity contribution in [2.45, 2.75) is 32.4 Å². The number of halogens is 3. The lowest BCUT2D eigenvalue weighted by Crippen LogP contribution is -2.34. The number of rotatable bonds is 6. The van der Waals surface area contributed by atoms with Gasteiger partial charge in [-0.25, -0.2) is 8.78 Å². The first-order valence-corrected chi connectivity index (χ1v) is 6.75. The van der Waals surface area contributed by atoms with E-state index in [9.17, 15) is 8.78 Å². The first kappa shape index (κ1) is 15.5. The molecule has 0 bridgehead atoms. The first-order valence-electron chi connectivity index (χ1n) is 5.96. The summed E-state index contributed by atoms with van der Waals surface area (Å²) in [5, 5.41) is 3.08. The van der Waals surface area contributed by atoms with Gasteiger partial charge in [0.05, 0.1) is 16.6 Å². The molecule has 0 heterocycles. The SMILES string of the molecule is CCNC(c1c(F)ccc(Br)c1F)C(CC)OC. The minimum absolute atomic E-state index is 0.0277. The van der Waals surface area contributed by atoms with Gasteiger partial charge in [-0.05, 0) is 41.0 Å². The van der Waals surface area contributed by atoms with E-state index in [1.807, 2.05) is 13.8 Å². The zero-order valence-corrected chi connectivity index (χ0v) is 12.4. The van der Waals surface area contributed by atoms with Crippen molar-refractivity contribution in [1.82, 2.24) is 5.32 Å². The molecule has 0 aliphatic carbocycles. The van der Waals surface area contributed by atoms with Crippen molar-refractivity contribution >= 4 is 15.9 Å². The normalized spacial score (nSPS) is 14.6. The lowest BCUT2D eigenvalue weighted by molar-refractivity contribution is 0.0631. The van der Waals surface area contributed by atoms with Crippen LogP contribution in [0.15, 0.2) is 16.6 Å². The molecule has 1 aromatic rings. The molecule has 5 heteroatoms. The number of benzene rings is 1. The fourth-order valence-corrected chi connectivity index (χ4v) is 2.35. The lowest BCUT2D eigenvalue weighted by Gasteiger charge is -2.27. The third kappa shape index (κ3) is 3.28. The molecule has 0 aromatic heterocycles. The van der Waals surface area contributed by atoms with Crippen LogP contribution in [0.2, 0.25) is 0 Å². The van der Waals surface area contributed by atoms with E-state index in [-0.39, 0.29) is 16.1 Å². The van der Waals surface area contributed by atoms with Crippen LogP contribution in [0, 0.1) is 11.6 Å². The summed E-state index contributed by atoms with van der Waals surface area (Å²) < 4.78 is 33.5. The fraction of sp³-hybridized carbons (Fsp3) is 0.538. The predicted octanol–water partition coefficient (Wildman–Crippen LogP) is 3.80. The van der Waals surface area contributed by atoms with Gasteiger partial charge in [0, 0.05) is 12.7 Å². The second kappa shape index (κ2) is 7.16. The summed E-state index contributed by atoms with van der Waals surface area (Å²) in [6.07, 6.45) is 0.391. The number of methoxy groups -OCH3 is 1. The molecular weight excluding hydrogens is 304 g/mol. The summed E-state index contributed by atoms with van der Waals surface area (Å²) in [6, 6.07) is 2.13. The smallest absolute Gasteiger partial charge is 0.145 e. The molecule has 1 rings (SSSR count). The summed E-state index contributed by atoms with van der Waals surface area (Å²) >= 11 is 3.08. The van der Waals surface area contributed by atoms with E-state index in [1.54, 1.807) is 7.11 Å². The number of ether oxygens (including phenoxy) is 1. The zero-order chi connectivity index (χ0) is 13.7. The maximum atomic E-state index is 14.1. The van der Waals surface area contributed by atoms with E-state index in [2.05, 4.69) is 21.2 Å². The molecule has 2 atom stereocenters. The van der Waals surface area contributed by atoms with Gasteiger partial charge >= 0.3 is 0 Å². The molecule has 2 nitrogen and oxygen atoms in total. The Morgan fingerprint density at radius 2 is 2.00 bits per heavy atom. The van der Waals surface area contributed by atoms with Crippen LogP contribution in [0.5, 0.6) is 0 Å². The molecule has 0 saturated carbocycles. The van der Waals surface area contributed by atoms with Crippen LogP contribution in [0.25, 0.3) is 0 Å². The Bertz CT molecular complexity index is 397. The van der Waals surface area contributed by atoms with Crippen molar-refractivity contribution in [3.05, 3.63) is 33.8 Å². The zero-order valence-electron chi connectivity index (χ0n) is 10.8. The highest BCUT2D eigenvalue weighted by molar-refractivity contribution is 9.10. The Kier molecular flexibility index (Phi) is 6.18. The van der Waals surface area contributed by atoms with Crippen molar-refractivity contribution in [3.8, 4) is 0 Å². The van der Waals surface area contributed by atoms with Crippen LogP contribution in [0.3, 0.4) is 0 Å². The molecule has 2 unspecified atom stereocenters. The molecular formula is C13H18BrF2NO. The monoisotopic (exact) mass is 321 g/mol. The number of hydrogen-bond acceptors (Lipinski definition) is 2. The van der Waals surface area contributed by atoms with E-state index in [1.165, 1.54) is 12.1 Å². The quantitative estimate of drug-likeness (QED) is 0.805. The van der Waals surface area contributed by atoms with Crippen LogP contribution < -0.4 is 5.32 Å². The molecule has 1 aromatic carbocycles. The van der Waals surface area contributed by atoms with Crippen LogP contribution in [0.1, 0.15) is 31.9 Å². The van der Waals surface area contributed by atoms with Gasteiger partial charge in [-0.15, -0.1) is 0 Å². The van der Waals surface area contributed by atoms with E-state index >= 15 is 0 Å². The Balaban J connectivity index is 3.24. The Morgan fingerprint density at radius 3 is 2.50 bits per heavy atom. The Labute approximate surface area is 115 Å². The van der Waals surface area contributed by atoms with Crippen LogP contribution in [-0.2, 0) is 4.74 Å². The molecule has 18 heavy (non-hydrogen) atoms. The molecule has 0 spiro atoms. The number of nitrogens with one attached hydrogen (secondary N) is 1. The summed E-state index contributed by atoms with van der Waals surface area (Å²) in [5.41, 5.74) is 0.0277. The van der Waals surface area contributed by atoms with Crippen molar-refractivity contribution < 1.29 is 13.5 Å². The van der Waals surface area contributed by atoms with E-state index in [4.69, 9.17) is 4.74 Å². The van der Waals surface area contributed by atoms with Gasteiger partial charge in [0.15, 0.2) is 0 Å². The minimum atomic E-state index is -0.573. The van der Waals surface area contributed by atoms with Crippen LogP contribution >= 0.6 is 15.9 Å². The molecule has 0 radical (unpaired) electrons. The topological polar surface area (TPSA) is 21.3 Å². The molecule has 0 aliphatic heterocycles. The summed E-state index contributed by atoms with van der Waals surface area (Å²) in [6.45, 7) is 4.42. The molecule has 102 valence electrons. The van der Waals surface area contributed by atoms with Gasteiger partial charge in [-0.2, -0.15) is 0 Å². The highest BCUT2D eigenvalue weighted by atomic mass is 79.9. The number of hydrogen-bond donors (Lipinski definition) is 1. The van der Waals surface area contributed by atoms with E-state index in [0.717, 1.165) is 0 Å². The highest BCUT2D eigenvalue weighted by Gasteiger charge is 2.27. The predicted molar refractivity (Wildman–Crippen MR) is 71.6 cm³/mol. The van der Waals surface area contributed by atoms with Gasteiger partial charge in [-0.1, -0.05) is 13.8 Å². The van der Waals surface area contributed by atoms with Crippen molar-refractivity contribution in [3.63, 3.8) is 0 Å². The molecule has 0 saturated heterocycles. The average molecular weight is 322 g/mol. The number of likely N-dealkylation sites (N-methyl/N-ethyl adjacent to an activating group) is 1. The van der Waals surface area contributed by atoms with Gasteiger partial charge in [0.25, 0.3) is 0 Å². The summed E-state index contributed by atoms with van der Waals surface area (Å²) in [5.74, 6) is -1.13. The fourth-order valence-electron chi connectivity index (χ4n) is 2.01. The van der Waals surface area contributed by atoms with Gasteiger partial charge in [0.2, 0.25) is 0 Å². The van der Waals surface area contributed by atoms with Crippen LogP contribution in [0.4, 0.5) is 8.78 Å². The third-order valence-electron chi connectivity index (χ3n) is 2.89. The van der Waals surface area contributed by atoms with Gasteiger partial charge < -0.3 is 10.1 Å². The molecule has 0 fully saturated rings. The molecule has 1 N–H and O–H groups in total. The van der Waals surface area contributed by atoms with Crippen molar-refractivity contribution in [2.24, 2.45) is 0 Å². The second-order valence-electron chi connectivity index (χ2n) is 3.97. The Morgan fingerprint density at radius 1 is 1.33 bits per heavy atom. The highest BCUT2D eigenvalue weighted by Crippen LogP contribution is 2.30. The van der Waals surface area contributed by atoms with Crippen molar-refractivity contribution in [1.29, 1.82) is 0 Å². The lowest BCUT2D eigenvalue weighted by atomic mass is 9.98. The Hall–Kier alpha value is -0.520. The largest absolute Gasteiger partial charge is 0.379 e. The average Bonchev–Trinajstić information content (AvgIpc) is 2.36. The van der Waals surface area contributed by atoms with Crippen LogP contribution in [-0.4, -0.2) is 19.8 Å². The third-order valence-corrected chi connectivity index (χ3v) is 3.50. The van der Waals surface area contributed by atoms with Gasteiger partial charge in [-0.3, -0.25) is 0 Å². The summed E-state index contributed by atoms with van der Waals surface area (Å²) in [7, 11) is 1.55. The minimum Gasteiger partial charge on any atom is -0.379 e. The van der Waals surface area contributed by atoms with E-state index in [0.29, 0.717) is 13.0 Å². The maximum absolute atomic E-state index is 14.1. The maximum Gasteiger partial charge on any atom is 0.145 e.